The quantitative estimate of drug-likeness (QED) is 0.885. The molecular weight excluding hydrogens is 234 g/mol. The lowest BCUT2D eigenvalue weighted by molar-refractivity contribution is 0.0923. The number of halogens is 1. The molecule has 1 aromatic heterocycles. The first-order chi connectivity index (χ1) is 6.25. The number of rotatable bonds is 3. The Labute approximate surface area is 84.6 Å². The Morgan fingerprint density at radius 1 is 1.62 bits per heavy atom. The molecule has 0 radical (unpaired) electrons. The number of carbonyl (C=O) groups excluding carboxylic acids is 1. The Morgan fingerprint density at radius 3 is 2.92 bits per heavy atom. The highest BCUT2D eigenvalue weighted by Gasteiger charge is 2.22. The van der Waals surface area contributed by atoms with Gasteiger partial charge in [-0.15, -0.1) is 0 Å². The molecule has 13 heavy (non-hydrogen) atoms. The van der Waals surface area contributed by atoms with Crippen LogP contribution in [0.4, 0.5) is 0 Å². The largest absolute Gasteiger partial charge is 0.444 e. The molecule has 70 valence electrons. The van der Waals surface area contributed by atoms with Crippen LogP contribution >= 0.6 is 15.9 Å². The normalized spacial score (nSPS) is 15.8. The van der Waals surface area contributed by atoms with Crippen LogP contribution in [0, 0.1) is 5.92 Å². The van der Waals surface area contributed by atoms with E-state index in [-0.39, 0.29) is 5.91 Å². The van der Waals surface area contributed by atoms with Gasteiger partial charge in [0, 0.05) is 6.54 Å². The summed E-state index contributed by atoms with van der Waals surface area (Å²) in [5, 5.41) is 2.82. The van der Waals surface area contributed by atoms with Crippen molar-refractivity contribution in [2.45, 2.75) is 12.8 Å². The van der Waals surface area contributed by atoms with Gasteiger partial charge in [0.1, 0.15) is 0 Å². The number of carbonyl (C=O) groups is 1. The Hall–Kier alpha value is -0.770. The molecule has 0 bridgehead atoms. The van der Waals surface area contributed by atoms with Gasteiger partial charge in [-0.05, 0) is 46.8 Å². The summed E-state index contributed by atoms with van der Waals surface area (Å²) in [7, 11) is 0. The number of nitrogens with one attached hydrogen (secondary N) is 1. The van der Waals surface area contributed by atoms with Gasteiger partial charge in [0.15, 0.2) is 10.4 Å². The second kappa shape index (κ2) is 3.54. The van der Waals surface area contributed by atoms with Crippen molar-refractivity contribution in [1.82, 2.24) is 5.32 Å². The summed E-state index contributed by atoms with van der Waals surface area (Å²) in [6.45, 7) is 0.775. The molecule has 1 fully saturated rings. The molecule has 3 nitrogen and oxygen atoms in total. The minimum Gasteiger partial charge on any atom is -0.444 e. The van der Waals surface area contributed by atoms with E-state index in [0.29, 0.717) is 16.3 Å². The van der Waals surface area contributed by atoms with Gasteiger partial charge in [-0.3, -0.25) is 4.79 Å². The Bertz CT molecular complexity index is 317. The maximum Gasteiger partial charge on any atom is 0.287 e. The summed E-state index contributed by atoms with van der Waals surface area (Å²) >= 11 is 3.15. The first-order valence-corrected chi connectivity index (χ1v) is 5.08. The van der Waals surface area contributed by atoms with Crippen LogP contribution in [0.3, 0.4) is 0 Å². The maximum absolute atomic E-state index is 11.4. The fourth-order valence-corrected chi connectivity index (χ4v) is 1.39. The van der Waals surface area contributed by atoms with Gasteiger partial charge in [-0.25, -0.2) is 0 Å². The first kappa shape index (κ1) is 8.81. The van der Waals surface area contributed by atoms with Crippen molar-refractivity contribution in [3.8, 4) is 0 Å². The second-order valence-corrected chi connectivity index (χ2v) is 4.04. The van der Waals surface area contributed by atoms with Crippen LogP contribution in [-0.4, -0.2) is 12.5 Å². The average molecular weight is 244 g/mol. The third-order valence-electron chi connectivity index (χ3n) is 2.05. The molecule has 0 aromatic carbocycles. The summed E-state index contributed by atoms with van der Waals surface area (Å²) in [4.78, 5) is 11.4. The molecule has 2 rings (SSSR count). The molecule has 0 unspecified atom stereocenters. The highest BCUT2D eigenvalue weighted by Crippen LogP contribution is 2.27. The predicted octanol–water partition coefficient (Wildman–Crippen LogP) is 2.18. The van der Waals surface area contributed by atoms with Gasteiger partial charge in [-0.1, -0.05) is 0 Å². The predicted molar refractivity (Wildman–Crippen MR) is 51.5 cm³/mol. The van der Waals surface area contributed by atoms with Crippen molar-refractivity contribution in [2.24, 2.45) is 5.92 Å². The monoisotopic (exact) mass is 243 g/mol. The van der Waals surface area contributed by atoms with E-state index in [4.69, 9.17) is 4.42 Å². The minimum atomic E-state index is -0.127. The van der Waals surface area contributed by atoms with Gasteiger partial charge in [-0.2, -0.15) is 0 Å². The molecule has 1 aliphatic carbocycles. The van der Waals surface area contributed by atoms with E-state index in [9.17, 15) is 4.79 Å². The Balaban J connectivity index is 1.88. The average Bonchev–Trinajstić information content (AvgIpc) is 2.84. The molecular formula is C9H10BrNO2. The molecule has 1 aliphatic rings. The van der Waals surface area contributed by atoms with Crippen LogP contribution in [0.25, 0.3) is 0 Å². The van der Waals surface area contributed by atoms with Crippen LogP contribution in [0.15, 0.2) is 21.2 Å². The topological polar surface area (TPSA) is 42.2 Å². The molecule has 1 heterocycles. The first-order valence-electron chi connectivity index (χ1n) is 4.29. The highest BCUT2D eigenvalue weighted by atomic mass is 79.9. The van der Waals surface area contributed by atoms with Crippen LogP contribution in [-0.2, 0) is 0 Å². The van der Waals surface area contributed by atoms with Gasteiger partial charge in [0.05, 0.1) is 0 Å². The standard InChI is InChI=1S/C9H10BrNO2/c10-8-4-3-7(13-8)9(12)11-5-6-1-2-6/h3-4,6H,1-2,5H2,(H,11,12). The van der Waals surface area contributed by atoms with E-state index in [1.807, 2.05) is 0 Å². The van der Waals surface area contributed by atoms with E-state index in [1.54, 1.807) is 12.1 Å². The molecule has 4 heteroatoms. The number of furan rings is 1. The van der Waals surface area contributed by atoms with Gasteiger partial charge >= 0.3 is 0 Å². The molecule has 1 N–H and O–H groups in total. The second-order valence-electron chi connectivity index (χ2n) is 3.26. The summed E-state index contributed by atoms with van der Waals surface area (Å²) in [5.74, 6) is 0.937. The zero-order valence-corrected chi connectivity index (χ0v) is 8.63. The van der Waals surface area contributed by atoms with Crippen molar-refractivity contribution in [1.29, 1.82) is 0 Å². The molecule has 1 saturated carbocycles. The number of amides is 1. The Morgan fingerprint density at radius 2 is 2.38 bits per heavy atom. The van der Waals surface area contributed by atoms with Crippen LogP contribution in [0.5, 0.6) is 0 Å². The van der Waals surface area contributed by atoms with Crippen molar-refractivity contribution in [3.63, 3.8) is 0 Å². The fraction of sp³-hybridized carbons (Fsp3) is 0.444. The SMILES string of the molecule is O=C(NCC1CC1)c1ccc(Br)o1. The van der Waals surface area contributed by atoms with Crippen molar-refractivity contribution in [3.05, 3.63) is 22.6 Å². The lowest BCUT2D eigenvalue weighted by atomic mass is 10.4. The van der Waals surface area contributed by atoms with Crippen molar-refractivity contribution < 1.29 is 9.21 Å². The fourth-order valence-electron chi connectivity index (χ4n) is 1.08. The third kappa shape index (κ3) is 2.34. The molecule has 0 atom stereocenters. The lowest BCUT2D eigenvalue weighted by Crippen LogP contribution is -2.24. The number of hydrogen-bond acceptors (Lipinski definition) is 2. The van der Waals surface area contributed by atoms with Crippen LogP contribution in [0.1, 0.15) is 23.4 Å². The third-order valence-corrected chi connectivity index (χ3v) is 2.47. The van der Waals surface area contributed by atoms with Crippen molar-refractivity contribution >= 4 is 21.8 Å². The summed E-state index contributed by atoms with van der Waals surface area (Å²) in [6, 6.07) is 3.37. The zero-order valence-electron chi connectivity index (χ0n) is 7.05. The van der Waals surface area contributed by atoms with Gasteiger partial charge < -0.3 is 9.73 Å². The van der Waals surface area contributed by atoms with Crippen molar-refractivity contribution in [2.75, 3.05) is 6.54 Å². The van der Waals surface area contributed by atoms with E-state index in [0.717, 1.165) is 6.54 Å². The maximum atomic E-state index is 11.4. The Kier molecular flexibility index (Phi) is 2.40. The van der Waals surface area contributed by atoms with E-state index < -0.39 is 0 Å². The molecule has 1 amide bonds. The minimum absolute atomic E-state index is 0.127. The van der Waals surface area contributed by atoms with Gasteiger partial charge in [0.25, 0.3) is 5.91 Å². The summed E-state index contributed by atoms with van der Waals surface area (Å²) < 4.78 is 5.69. The molecule has 0 saturated heterocycles. The van der Waals surface area contributed by atoms with Crippen LogP contribution in [0.2, 0.25) is 0 Å². The highest BCUT2D eigenvalue weighted by molar-refractivity contribution is 9.10. The van der Waals surface area contributed by atoms with E-state index in [1.165, 1.54) is 12.8 Å². The van der Waals surface area contributed by atoms with E-state index in [2.05, 4.69) is 21.2 Å². The lowest BCUT2D eigenvalue weighted by Gasteiger charge is -1.99. The number of hydrogen-bond donors (Lipinski definition) is 1. The van der Waals surface area contributed by atoms with E-state index >= 15 is 0 Å². The van der Waals surface area contributed by atoms with Crippen LogP contribution < -0.4 is 5.32 Å². The van der Waals surface area contributed by atoms with Gasteiger partial charge in [0.2, 0.25) is 0 Å². The molecule has 0 aliphatic heterocycles. The molecule has 0 spiro atoms. The smallest absolute Gasteiger partial charge is 0.287 e. The summed E-state index contributed by atoms with van der Waals surface area (Å²) in [5.41, 5.74) is 0. The summed E-state index contributed by atoms with van der Waals surface area (Å²) in [6.07, 6.45) is 2.48. The molecule has 1 aromatic rings. The zero-order chi connectivity index (χ0) is 9.26.